The van der Waals surface area contributed by atoms with Crippen LogP contribution < -0.4 is 10.6 Å². The normalized spacial score (nSPS) is 18.3. The van der Waals surface area contributed by atoms with E-state index in [1.54, 1.807) is 12.1 Å². The standard InChI is InChI=1S/C23H13Cl4F3N2O2/c24-11-5-10(6-12(25)7-11)19-20(23(19,26)27)22(34)32-18-8-15(16(29)9-17(18)30)21(33)31-14-3-1-13(28)2-4-14/h1-9,19-20H,(H,31,33)(H,32,34)/t19-,20+/m1/s1. The Hall–Kier alpha value is -2.45. The first kappa shape index (κ1) is 24.7. The molecule has 34 heavy (non-hydrogen) atoms. The van der Waals surface area contributed by atoms with E-state index >= 15 is 0 Å². The molecule has 176 valence electrons. The van der Waals surface area contributed by atoms with E-state index in [4.69, 9.17) is 46.4 Å². The third-order valence-corrected chi connectivity index (χ3v) is 6.62. The number of hydrogen-bond donors (Lipinski definition) is 2. The lowest BCUT2D eigenvalue weighted by Crippen LogP contribution is -2.20. The van der Waals surface area contributed by atoms with Gasteiger partial charge >= 0.3 is 0 Å². The molecule has 4 nitrogen and oxygen atoms in total. The maximum absolute atomic E-state index is 14.4. The fraction of sp³-hybridized carbons (Fsp3) is 0.130. The summed E-state index contributed by atoms with van der Waals surface area (Å²) in [7, 11) is 0. The van der Waals surface area contributed by atoms with Crippen LogP contribution >= 0.6 is 46.4 Å². The molecular formula is C23H13Cl4F3N2O2. The summed E-state index contributed by atoms with van der Waals surface area (Å²) in [6.07, 6.45) is 0. The third-order valence-electron chi connectivity index (χ3n) is 5.24. The van der Waals surface area contributed by atoms with E-state index in [1.807, 2.05) is 0 Å². The summed E-state index contributed by atoms with van der Waals surface area (Å²) in [6, 6.07) is 10.7. The van der Waals surface area contributed by atoms with Crippen molar-refractivity contribution in [2.24, 2.45) is 5.92 Å². The van der Waals surface area contributed by atoms with Gasteiger partial charge in [0, 0.05) is 27.7 Å². The summed E-state index contributed by atoms with van der Waals surface area (Å²) >= 11 is 24.6. The second-order valence-electron chi connectivity index (χ2n) is 7.59. The highest BCUT2D eigenvalue weighted by atomic mass is 35.5. The van der Waals surface area contributed by atoms with Crippen molar-refractivity contribution in [2.75, 3.05) is 10.6 Å². The highest BCUT2D eigenvalue weighted by Gasteiger charge is 2.67. The Bertz CT molecular complexity index is 1280. The van der Waals surface area contributed by atoms with Crippen molar-refractivity contribution in [3.8, 4) is 0 Å². The van der Waals surface area contributed by atoms with Crippen LogP contribution in [-0.2, 0) is 4.79 Å². The second kappa shape index (κ2) is 9.30. The number of halogens is 7. The van der Waals surface area contributed by atoms with Crippen molar-refractivity contribution < 1.29 is 22.8 Å². The average molecular weight is 548 g/mol. The maximum Gasteiger partial charge on any atom is 0.258 e. The van der Waals surface area contributed by atoms with Gasteiger partial charge in [0.25, 0.3) is 5.91 Å². The highest BCUT2D eigenvalue weighted by molar-refractivity contribution is 6.53. The van der Waals surface area contributed by atoms with Gasteiger partial charge in [0.2, 0.25) is 5.91 Å². The Morgan fingerprint density at radius 2 is 1.44 bits per heavy atom. The molecule has 3 aromatic carbocycles. The number of nitrogens with one attached hydrogen (secondary N) is 2. The molecule has 11 heteroatoms. The summed E-state index contributed by atoms with van der Waals surface area (Å²) in [5.41, 5.74) is -0.287. The third kappa shape index (κ3) is 4.98. The number of hydrogen-bond acceptors (Lipinski definition) is 2. The monoisotopic (exact) mass is 546 g/mol. The largest absolute Gasteiger partial charge is 0.323 e. The fourth-order valence-electron chi connectivity index (χ4n) is 3.58. The Labute approximate surface area is 211 Å². The van der Waals surface area contributed by atoms with Crippen LogP contribution in [0.25, 0.3) is 0 Å². The van der Waals surface area contributed by atoms with E-state index in [0.717, 1.165) is 18.2 Å². The van der Waals surface area contributed by atoms with Crippen molar-refractivity contribution in [3.05, 3.63) is 93.2 Å². The van der Waals surface area contributed by atoms with Crippen LogP contribution in [-0.4, -0.2) is 16.1 Å². The minimum atomic E-state index is -1.52. The van der Waals surface area contributed by atoms with Crippen LogP contribution in [0.1, 0.15) is 21.8 Å². The number of alkyl halides is 2. The van der Waals surface area contributed by atoms with Crippen molar-refractivity contribution in [3.63, 3.8) is 0 Å². The zero-order chi connectivity index (χ0) is 24.8. The lowest BCUT2D eigenvalue weighted by molar-refractivity contribution is -0.117. The molecule has 0 radical (unpaired) electrons. The van der Waals surface area contributed by atoms with Crippen LogP contribution in [0.3, 0.4) is 0 Å². The summed E-state index contributed by atoms with van der Waals surface area (Å²) in [4.78, 5) is 25.3. The van der Waals surface area contributed by atoms with Crippen LogP contribution in [0.5, 0.6) is 0 Å². The minimum Gasteiger partial charge on any atom is -0.323 e. The second-order valence-corrected chi connectivity index (χ2v) is 9.91. The van der Waals surface area contributed by atoms with Gasteiger partial charge in [-0.05, 0) is 54.1 Å². The Morgan fingerprint density at radius 1 is 0.824 bits per heavy atom. The molecule has 1 aliphatic rings. The predicted octanol–water partition coefficient (Wildman–Crippen LogP) is 7.19. The Balaban J connectivity index is 1.55. The number of anilines is 2. The number of amides is 2. The molecule has 0 aromatic heterocycles. The summed E-state index contributed by atoms with van der Waals surface area (Å²) < 4.78 is 40.2. The topological polar surface area (TPSA) is 58.2 Å². The molecule has 0 unspecified atom stereocenters. The van der Waals surface area contributed by atoms with Crippen LogP contribution in [0.15, 0.2) is 54.6 Å². The molecule has 3 aromatic rings. The quantitative estimate of drug-likeness (QED) is 0.332. The van der Waals surface area contributed by atoms with Crippen molar-refractivity contribution in [1.82, 2.24) is 0 Å². The van der Waals surface area contributed by atoms with E-state index < -0.39 is 56.7 Å². The number of rotatable bonds is 5. The van der Waals surface area contributed by atoms with Gasteiger partial charge in [-0.3, -0.25) is 9.59 Å². The molecule has 2 N–H and O–H groups in total. The molecule has 1 saturated carbocycles. The number of carbonyl (C=O) groups is 2. The van der Waals surface area contributed by atoms with Crippen molar-refractivity contribution in [2.45, 2.75) is 10.3 Å². The SMILES string of the molecule is O=C(Nc1ccc(F)cc1)c1cc(NC(=O)[C@@H]2[C@@H](c3cc(Cl)cc(Cl)c3)C2(Cl)Cl)c(F)cc1F. The molecule has 1 aliphatic carbocycles. The van der Waals surface area contributed by atoms with E-state index in [1.165, 1.54) is 18.2 Å². The lowest BCUT2D eigenvalue weighted by Gasteiger charge is -2.11. The predicted molar refractivity (Wildman–Crippen MR) is 126 cm³/mol. The first-order chi connectivity index (χ1) is 16.0. The molecular weight excluding hydrogens is 535 g/mol. The Kier molecular flexibility index (Phi) is 6.75. The van der Waals surface area contributed by atoms with E-state index in [2.05, 4.69) is 10.6 Å². The molecule has 0 bridgehead atoms. The summed E-state index contributed by atoms with van der Waals surface area (Å²) in [5.74, 6) is -6.14. The van der Waals surface area contributed by atoms with Gasteiger partial charge < -0.3 is 10.6 Å². The van der Waals surface area contributed by atoms with Crippen molar-refractivity contribution in [1.29, 1.82) is 0 Å². The molecule has 0 saturated heterocycles. The molecule has 2 atom stereocenters. The van der Waals surface area contributed by atoms with Gasteiger partial charge in [0.1, 0.15) is 21.8 Å². The molecule has 4 rings (SSSR count). The molecule has 2 amide bonds. The fourth-order valence-corrected chi connectivity index (χ4v) is 4.95. The minimum absolute atomic E-state index is 0.191. The van der Waals surface area contributed by atoms with Crippen LogP contribution in [0, 0.1) is 23.4 Å². The van der Waals surface area contributed by atoms with E-state index in [0.29, 0.717) is 21.7 Å². The highest BCUT2D eigenvalue weighted by Crippen LogP contribution is 2.65. The van der Waals surface area contributed by atoms with Gasteiger partial charge in [-0.15, -0.1) is 23.2 Å². The molecule has 0 spiro atoms. The first-order valence-electron chi connectivity index (χ1n) is 9.68. The van der Waals surface area contributed by atoms with Gasteiger partial charge in [-0.25, -0.2) is 13.2 Å². The summed E-state index contributed by atoms with van der Waals surface area (Å²) in [5, 5.41) is 5.31. The van der Waals surface area contributed by atoms with Crippen molar-refractivity contribution >= 4 is 69.6 Å². The zero-order valence-electron chi connectivity index (χ0n) is 16.8. The smallest absolute Gasteiger partial charge is 0.258 e. The van der Waals surface area contributed by atoms with E-state index in [9.17, 15) is 22.8 Å². The van der Waals surface area contributed by atoms with E-state index in [-0.39, 0.29) is 5.69 Å². The van der Waals surface area contributed by atoms with Gasteiger partial charge in [0.15, 0.2) is 0 Å². The van der Waals surface area contributed by atoms with Gasteiger partial charge in [-0.2, -0.15) is 0 Å². The van der Waals surface area contributed by atoms with Crippen LogP contribution in [0.4, 0.5) is 24.5 Å². The zero-order valence-corrected chi connectivity index (χ0v) is 19.8. The van der Waals surface area contributed by atoms with Crippen LogP contribution in [0.2, 0.25) is 10.0 Å². The lowest BCUT2D eigenvalue weighted by atomic mass is 10.1. The van der Waals surface area contributed by atoms with Gasteiger partial charge in [-0.1, -0.05) is 23.2 Å². The first-order valence-corrected chi connectivity index (χ1v) is 11.2. The molecule has 1 fully saturated rings. The number of benzene rings is 3. The average Bonchev–Trinajstić information content (AvgIpc) is 3.33. The molecule has 0 aliphatic heterocycles. The summed E-state index contributed by atoms with van der Waals surface area (Å²) in [6.45, 7) is 0. The Morgan fingerprint density at radius 3 is 2.06 bits per heavy atom. The van der Waals surface area contributed by atoms with Gasteiger partial charge in [0.05, 0.1) is 17.2 Å². The maximum atomic E-state index is 14.4. The molecule has 0 heterocycles. The number of carbonyl (C=O) groups excluding carboxylic acids is 2.